The predicted octanol–water partition coefficient (Wildman–Crippen LogP) is 1.36. The zero-order valence-electron chi connectivity index (χ0n) is 25.7. The van der Waals surface area contributed by atoms with Crippen LogP contribution in [-0.2, 0) is 57.4 Å². The zero-order valence-corrected chi connectivity index (χ0v) is 26.5. The molecule has 1 aliphatic heterocycles. The Morgan fingerprint density at radius 3 is 1.94 bits per heavy atom. The lowest BCUT2D eigenvalue weighted by Crippen LogP contribution is -2.33. The molecule has 1 aromatic carbocycles. The van der Waals surface area contributed by atoms with Crippen molar-refractivity contribution in [2.24, 2.45) is 0 Å². The molecule has 256 valence electrons. The smallest absolute Gasteiger partial charge is 0.338 e. The Bertz CT molecular complexity index is 1500. The van der Waals surface area contributed by atoms with Crippen LogP contribution in [0.1, 0.15) is 39.5 Å². The monoisotopic (exact) mass is 683 g/mol. The minimum Gasteiger partial charge on any atom is -0.462 e. The van der Waals surface area contributed by atoms with Gasteiger partial charge in [0.25, 0.3) is 17.5 Å². The number of hydrogen-bond acceptors (Lipinski definition) is 15. The number of nitro benzene ring substituents is 1. The van der Waals surface area contributed by atoms with Crippen molar-refractivity contribution in [3.8, 4) is 5.75 Å². The number of imide groups is 1. The van der Waals surface area contributed by atoms with Crippen molar-refractivity contribution in [3.63, 3.8) is 0 Å². The van der Waals surface area contributed by atoms with Gasteiger partial charge in [0.15, 0.2) is 0 Å². The molecule has 47 heavy (non-hydrogen) atoms. The third-order valence-electron chi connectivity index (χ3n) is 4.75. The molecule has 0 aliphatic carbocycles. The molecule has 1 aliphatic rings. The molecule has 1 saturated heterocycles. The Kier molecular flexibility index (Phi) is 17.9. The van der Waals surface area contributed by atoms with Gasteiger partial charge in [0.1, 0.15) is 12.4 Å². The number of nitrogens with zero attached hydrogens (tertiary/aromatic N) is 2. The lowest BCUT2D eigenvalue weighted by molar-refractivity contribution is -0.384. The van der Waals surface area contributed by atoms with E-state index in [9.17, 15) is 52.1 Å². The molecule has 0 unspecified atom stereocenters. The number of nitrogens with one attached hydrogen (secondary N) is 1. The predicted molar refractivity (Wildman–Crippen MR) is 160 cm³/mol. The Morgan fingerprint density at radius 2 is 1.49 bits per heavy atom. The lowest BCUT2D eigenvalue weighted by Gasteiger charge is -2.12. The van der Waals surface area contributed by atoms with Crippen molar-refractivity contribution in [3.05, 3.63) is 71.3 Å². The molecular formula is C28H33N3O15S. The van der Waals surface area contributed by atoms with E-state index in [1.807, 2.05) is 0 Å². The number of benzene rings is 1. The zero-order chi connectivity index (χ0) is 36.3. The highest BCUT2D eigenvalue weighted by atomic mass is 32.2. The fraction of sp³-hybridized carbons (Fsp3) is 0.321. The topological polar surface area (TPSA) is 249 Å². The van der Waals surface area contributed by atoms with Gasteiger partial charge in [-0.05, 0) is 32.1 Å². The number of rotatable bonds is 13. The summed E-state index contributed by atoms with van der Waals surface area (Å²) in [5.74, 6) is -4.12. The number of carbonyl (C=O) groups excluding carboxylic acids is 7. The van der Waals surface area contributed by atoms with Crippen LogP contribution in [0.2, 0.25) is 0 Å². The second kappa shape index (κ2) is 20.3. The number of hydrogen-bond donors (Lipinski definition) is 1. The van der Waals surface area contributed by atoms with E-state index in [2.05, 4.69) is 38.8 Å². The largest absolute Gasteiger partial charge is 0.462 e. The number of esters is 2. The first-order chi connectivity index (χ1) is 21.8. The highest BCUT2D eigenvalue weighted by Crippen LogP contribution is 2.18. The maximum atomic E-state index is 11.2. The molecule has 18 nitrogen and oxygen atoms in total. The molecule has 3 amide bonds. The average Bonchev–Trinajstić information content (AvgIpc) is 3.28. The van der Waals surface area contributed by atoms with Crippen molar-refractivity contribution in [1.29, 1.82) is 0 Å². The summed E-state index contributed by atoms with van der Waals surface area (Å²) in [6.07, 6.45) is 1.49. The molecule has 1 N–H and O–H groups in total. The van der Waals surface area contributed by atoms with Crippen LogP contribution < -0.4 is 10.1 Å². The number of nitro groups is 1. The minimum absolute atomic E-state index is 0.0508. The van der Waals surface area contributed by atoms with Crippen molar-refractivity contribution in [2.45, 2.75) is 39.5 Å². The van der Waals surface area contributed by atoms with Gasteiger partial charge in [-0.25, -0.2) is 14.4 Å². The summed E-state index contributed by atoms with van der Waals surface area (Å²) in [7, 11) is -3.80. The number of hydroxylamine groups is 2. The van der Waals surface area contributed by atoms with E-state index in [-0.39, 0.29) is 61.4 Å². The summed E-state index contributed by atoms with van der Waals surface area (Å²) < 4.78 is 34.4. The van der Waals surface area contributed by atoms with Crippen LogP contribution in [0.15, 0.2) is 61.2 Å². The van der Waals surface area contributed by atoms with E-state index < -0.39 is 56.6 Å². The van der Waals surface area contributed by atoms with Gasteiger partial charge in [-0.3, -0.25) is 29.3 Å². The van der Waals surface area contributed by atoms with E-state index >= 15 is 0 Å². The maximum absolute atomic E-state index is 11.2. The minimum atomic E-state index is -3.80. The Hall–Kier alpha value is -5.72. The van der Waals surface area contributed by atoms with Crippen molar-refractivity contribution < 1.29 is 65.4 Å². The first-order valence-corrected chi connectivity index (χ1v) is 14.9. The fourth-order valence-corrected chi connectivity index (χ4v) is 2.98. The summed E-state index contributed by atoms with van der Waals surface area (Å²) in [6, 6.07) is 5.25. The van der Waals surface area contributed by atoms with Crippen LogP contribution in [0.3, 0.4) is 0 Å². The third-order valence-corrected chi connectivity index (χ3v) is 5.24. The summed E-state index contributed by atoms with van der Waals surface area (Å²) in [4.78, 5) is 91.2. The molecule has 0 aromatic heterocycles. The van der Waals surface area contributed by atoms with Crippen LogP contribution in [0, 0.1) is 10.1 Å². The van der Waals surface area contributed by atoms with Gasteiger partial charge in [0, 0.05) is 42.7 Å². The van der Waals surface area contributed by atoms with E-state index in [0.717, 1.165) is 12.3 Å². The lowest BCUT2D eigenvalue weighted by atomic mass is 10.3. The molecule has 1 fully saturated rings. The van der Waals surface area contributed by atoms with Gasteiger partial charge in [-0.15, -0.1) is 5.06 Å². The summed E-state index contributed by atoms with van der Waals surface area (Å²) in [5.41, 5.74) is 0.421. The molecule has 0 bridgehead atoms. The van der Waals surface area contributed by atoms with Gasteiger partial charge < -0.3 is 23.8 Å². The van der Waals surface area contributed by atoms with Crippen LogP contribution in [0.25, 0.3) is 0 Å². The van der Waals surface area contributed by atoms with Gasteiger partial charge in [-0.2, -0.15) is 8.42 Å². The van der Waals surface area contributed by atoms with Gasteiger partial charge in [0.05, 0.1) is 24.0 Å². The first-order valence-electron chi connectivity index (χ1n) is 13.1. The van der Waals surface area contributed by atoms with Crippen LogP contribution >= 0.6 is 0 Å². The van der Waals surface area contributed by atoms with Crippen LogP contribution in [0.5, 0.6) is 5.75 Å². The number of ether oxygens (including phenoxy) is 2. The van der Waals surface area contributed by atoms with Crippen molar-refractivity contribution >= 4 is 57.4 Å². The number of carbonyl (C=O) groups is 7. The molecule has 0 saturated carbocycles. The third kappa shape index (κ3) is 18.6. The molecule has 1 aromatic rings. The number of non-ortho nitro benzene ring substituents is 1. The van der Waals surface area contributed by atoms with Crippen molar-refractivity contribution in [1.82, 2.24) is 10.4 Å². The second-order valence-electron chi connectivity index (χ2n) is 9.04. The van der Waals surface area contributed by atoms with Crippen molar-refractivity contribution in [2.75, 3.05) is 19.4 Å². The second-order valence-corrected chi connectivity index (χ2v) is 10.6. The highest BCUT2D eigenvalue weighted by Gasteiger charge is 2.32. The summed E-state index contributed by atoms with van der Waals surface area (Å²) in [5, 5.41) is 13.2. The maximum Gasteiger partial charge on any atom is 0.338 e. The quantitative estimate of drug-likeness (QED) is 0.0586. The molecule has 0 spiro atoms. The Labute approximate surface area is 269 Å². The van der Waals surface area contributed by atoms with Gasteiger partial charge in [-0.1, -0.05) is 19.7 Å². The molecule has 0 radical (unpaired) electrons. The molecule has 0 atom stereocenters. The van der Waals surface area contributed by atoms with Crippen LogP contribution in [-0.4, -0.2) is 79.4 Å². The fourth-order valence-electron chi connectivity index (χ4n) is 2.56. The normalized spacial score (nSPS) is 11.7. The standard InChI is InChI=1S/C10H12N2O5.C10H9NO4.C8H12O6S/c1-2-7(13)11-6-5-10(16)17-12-8(14)3-4-9(12)15;1-7(2)10(12)15-9-5-3-8(4-6-9)11(13)14;1-6(2)8(10)13-5-4-7(9)14-15(3,11)12/h2H,1,3-6H2,(H,11,13);3-6H,1H2,2H3;1,4-5H2,2-3H3. The molecular weight excluding hydrogens is 650 g/mol. The van der Waals surface area contributed by atoms with E-state index in [1.165, 1.54) is 38.1 Å². The first kappa shape index (κ1) is 41.3. The molecule has 2 rings (SSSR count). The Balaban J connectivity index is 0.000000678. The molecule has 1 heterocycles. The summed E-state index contributed by atoms with van der Waals surface area (Å²) >= 11 is 0. The van der Waals surface area contributed by atoms with Gasteiger partial charge in [0.2, 0.25) is 5.91 Å². The average molecular weight is 684 g/mol. The highest BCUT2D eigenvalue weighted by molar-refractivity contribution is 7.86. The van der Waals surface area contributed by atoms with Crippen LogP contribution in [0.4, 0.5) is 5.69 Å². The van der Waals surface area contributed by atoms with Gasteiger partial charge >= 0.3 is 34.0 Å². The number of amides is 3. The van der Waals surface area contributed by atoms with E-state index in [4.69, 9.17) is 4.74 Å². The van der Waals surface area contributed by atoms with E-state index in [0.29, 0.717) is 5.06 Å². The molecule has 19 heteroatoms. The van der Waals surface area contributed by atoms with E-state index in [1.54, 1.807) is 0 Å². The SMILES string of the molecule is C=C(C)C(=O)OCCC(=O)OS(C)(=O)=O.C=C(C)C(=O)Oc1ccc([N+](=O)[O-])cc1.C=CC(=O)NCCC(=O)ON1C(=O)CCC1=O. The summed E-state index contributed by atoms with van der Waals surface area (Å²) in [6.45, 7) is 12.8. The Morgan fingerprint density at radius 1 is 0.957 bits per heavy atom.